The molecular weight excluding hydrogens is 291 g/mol. The summed E-state index contributed by atoms with van der Waals surface area (Å²) >= 11 is 0. The van der Waals surface area contributed by atoms with Crippen molar-refractivity contribution in [3.05, 3.63) is 28.8 Å². The molecule has 0 spiro atoms. The zero-order valence-electron chi connectivity index (χ0n) is 11.0. The molecular formula is C13H12F3NO4. The number of alkyl halides is 3. The highest BCUT2D eigenvalue weighted by molar-refractivity contribution is 5.74. The van der Waals surface area contributed by atoms with Crippen LogP contribution >= 0.6 is 0 Å². The van der Waals surface area contributed by atoms with Gasteiger partial charge in [0.25, 0.3) is 0 Å². The molecule has 0 radical (unpaired) electrons. The van der Waals surface area contributed by atoms with Gasteiger partial charge in [0.2, 0.25) is 0 Å². The fourth-order valence-electron chi connectivity index (χ4n) is 1.66. The van der Waals surface area contributed by atoms with Crippen LogP contribution < -0.4 is 4.74 Å². The highest BCUT2D eigenvalue weighted by atomic mass is 19.4. The van der Waals surface area contributed by atoms with Crippen LogP contribution in [0.1, 0.15) is 23.6 Å². The van der Waals surface area contributed by atoms with Crippen LogP contribution in [0.4, 0.5) is 13.2 Å². The van der Waals surface area contributed by atoms with E-state index in [1.165, 1.54) is 6.07 Å². The fourth-order valence-corrected chi connectivity index (χ4v) is 1.66. The van der Waals surface area contributed by atoms with E-state index < -0.39 is 36.7 Å². The number of benzene rings is 1. The van der Waals surface area contributed by atoms with Crippen LogP contribution in [-0.4, -0.2) is 24.0 Å². The molecule has 0 amide bonds. The molecule has 0 aromatic heterocycles. The lowest BCUT2D eigenvalue weighted by Crippen LogP contribution is -2.20. The van der Waals surface area contributed by atoms with Gasteiger partial charge in [-0.1, -0.05) is 0 Å². The number of hydrogen-bond donors (Lipinski definition) is 1. The Kier molecular flexibility index (Phi) is 5.55. The van der Waals surface area contributed by atoms with Gasteiger partial charge in [-0.25, -0.2) is 0 Å². The van der Waals surface area contributed by atoms with Crippen LogP contribution in [0.2, 0.25) is 0 Å². The standard InChI is InChI=1S/C13H12F3NO4/c1-2-20-11(19)5-9-3-8(7-18)4-10(6-17)12(9)21-13(14,15)16/h3-4,18H,2,5,7H2,1H3. The number of nitriles is 1. The molecule has 1 N–H and O–H groups in total. The van der Waals surface area contributed by atoms with Gasteiger partial charge in [0.15, 0.2) is 5.75 Å². The van der Waals surface area contributed by atoms with Gasteiger partial charge in [0.05, 0.1) is 25.2 Å². The smallest absolute Gasteiger partial charge is 0.466 e. The minimum atomic E-state index is -5.00. The lowest BCUT2D eigenvalue weighted by atomic mass is 10.0. The molecule has 8 heteroatoms. The van der Waals surface area contributed by atoms with Crippen LogP contribution in [0.5, 0.6) is 5.75 Å². The van der Waals surface area contributed by atoms with Gasteiger partial charge in [-0.15, -0.1) is 13.2 Å². The number of esters is 1. The molecule has 1 aromatic carbocycles. The first-order chi connectivity index (χ1) is 9.80. The summed E-state index contributed by atoms with van der Waals surface area (Å²) in [4.78, 5) is 11.4. The third kappa shape index (κ3) is 4.96. The third-order valence-electron chi connectivity index (χ3n) is 2.39. The van der Waals surface area contributed by atoms with E-state index in [2.05, 4.69) is 9.47 Å². The average molecular weight is 303 g/mol. The Hall–Kier alpha value is -2.27. The predicted octanol–water partition coefficient (Wildman–Crippen LogP) is 2.05. The fraction of sp³-hybridized carbons (Fsp3) is 0.385. The van der Waals surface area contributed by atoms with Crippen LogP contribution in [0.3, 0.4) is 0 Å². The molecule has 1 aromatic rings. The maximum Gasteiger partial charge on any atom is 0.573 e. The van der Waals surface area contributed by atoms with Crippen molar-refractivity contribution in [3.63, 3.8) is 0 Å². The molecule has 0 bridgehead atoms. The average Bonchev–Trinajstić information content (AvgIpc) is 2.39. The zero-order valence-corrected chi connectivity index (χ0v) is 11.0. The van der Waals surface area contributed by atoms with Gasteiger partial charge in [-0.05, 0) is 24.6 Å². The van der Waals surface area contributed by atoms with E-state index >= 15 is 0 Å². The summed E-state index contributed by atoms with van der Waals surface area (Å²) in [6, 6.07) is 3.78. The normalized spacial score (nSPS) is 10.9. The number of carbonyl (C=O) groups is 1. The van der Waals surface area contributed by atoms with Gasteiger partial charge < -0.3 is 14.6 Å². The Bertz CT molecular complexity index is 564. The molecule has 0 aliphatic rings. The van der Waals surface area contributed by atoms with Gasteiger partial charge in [0.1, 0.15) is 6.07 Å². The van der Waals surface area contributed by atoms with Crippen LogP contribution in [0, 0.1) is 11.3 Å². The quantitative estimate of drug-likeness (QED) is 0.842. The summed E-state index contributed by atoms with van der Waals surface area (Å²) in [5.41, 5.74) is -0.396. The van der Waals surface area contributed by atoms with Crippen molar-refractivity contribution in [2.75, 3.05) is 6.61 Å². The molecule has 0 heterocycles. The van der Waals surface area contributed by atoms with Crippen molar-refractivity contribution in [2.45, 2.75) is 26.3 Å². The van der Waals surface area contributed by atoms with Crippen molar-refractivity contribution in [1.29, 1.82) is 5.26 Å². The van der Waals surface area contributed by atoms with Gasteiger partial charge >= 0.3 is 12.3 Å². The number of ether oxygens (including phenoxy) is 2. The first-order valence-corrected chi connectivity index (χ1v) is 5.88. The maximum absolute atomic E-state index is 12.4. The van der Waals surface area contributed by atoms with Crippen molar-refractivity contribution in [3.8, 4) is 11.8 Å². The maximum atomic E-state index is 12.4. The molecule has 0 aliphatic carbocycles. The van der Waals surface area contributed by atoms with E-state index in [1.807, 2.05) is 0 Å². The van der Waals surface area contributed by atoms with Gasteiger partial charge in [0, 0.05) is 5.56 Å². The highest BCUT2D eigenvalue weighted by Crippen LogP contribution is 2.31. The monoisotopic (exact) mass is 303 g/mol. The molecule has 0 saturated heterocycles. The molecule has 0 saturated carbocycles. The number of rotatable bonds is 5. The third-order valence-corrected chi connectivity index (χ3v) is 2.39. The van der Waals surface area contributed by atoms with E-state index in [9.17, 15) is 18.0 Å². The highest BCUT2D eigenvalue weighted by Gasteiger charge is 2.34. The second-order valence-electron chi connectivity index (χ2n) is 3.93. The largest absolute Gasteiger partial charge is 0.573 e. The summed E-state index contributed by atoms with van der Waals surface area (Å²) in [5.74, 6) is -1.52. The Morgan fingerprint density at radius 2 is 2.10 bits per heavy atom. The summed E-state index contributed by atoms with van der Waals surface area (Å²) in [5, 5.41) is 18.0. The second kappa shape index (κ2) is 6.95. The van der Waals surface area contributed by atoms with Gasteiger partial charge in [-0.2, -0.15) is 5.26 Å². The van der Waals surface area contributed by atoms with Crippen molar-refractivity contribution in [2.24, 2.45) is 0 Å². The molecule has 0 fully saturated rings. The van der Waals surface area contributed by atoms with E-state index in [4.69, 9.17) is 10.4 Å². The first kappa shape index (κ1) is 16.8. The SMILES string of the molecule is CCOC(=O)Cc1cc(CO)cc(C#N)c1OC(F)(F)F. The number of aliphatic hydroxyl groups excluding tert-OH is 1. The van der Waals surface area contributed by atoms with Crippen LogP contribution in [0.25, 0.3) is 0 Å². The predicted molar refractivity (Wildman–Crippen MR) is 64.1 cm³/mol. The molecule has 1 rings (SSSR count). The van der Waals surface area contributed by atoms with Crippen molar-refractivity contribution >= 4 is 5.97 Å². The van der Waals surface area contributed by atoms with Crippen LogP contribution in [0.15, 0.2) is 12.1 Å². The summed E-state index contributed by atoms with van der Waals surface area (Å²) in [6.45, 7) is 1.13. The Morgan fingerprint density at radius 1 is 1.43 bits per heavy atom. The van der Waals surface area contributed by atoms with Crippen molar-refractivity contribution in [1.82, 2.24) is 0 Å². The van der Waals surface area contributed by atoms with E-state index in [1.54, 1.807) is 13.0 Å². The molecule has 0 atom stereocenters. The zero-order chi connectivity index (χ0) is 16.0. The van der Waals surface area contributed by atoms with E-state index in [-0.39, 0.29) is 17.7 Å². The second-order valence-corrected chi connectivity index (χ2v) is 3.93. The summed E-state index contributed by atoms with van der Waals surface area (Å²) in [6.07, 6.45) is -5.50. The number of aliphatic hydroxyl groups is 1. The molecule has 114 valence electrons. The summed E-state index contributed by atoms with van der Waals surface area (Å²) in [7, 11) is 0. The van der Waals surface area contributed by atoms with Crippen LogP contribution in [-0.2, 0) is 22.6 Å². The lowest BCUT2D eigenvalue weighted by molar-refractivity contribution is -0.275. The number of carbonyl (C=O) groups excluding carboxylic acids is 1. The molecule has 21 heavy (non-hydrogen) atoms. The van der Waals surface area contributed by atoms with E-state index in [0.29, 0.717) is 0 Å². The first-order valence-electron chi connectivity index (χ1n) is 5.88. The Balaban J connectivity index is 3.29. The Morgan fingerprint density at radius 3 is 2.57 bits per heavy atom. The number of halogens is 3. The molecule has 5 nitrogen and oxygen atoms in total. The van der Waals surface area contributed by atoms with Crippen molar-refractivity contribution < 1.29 is 32.5 Å². The minimum Gasteiger partial charge on any atom is -0.466 e. The summed E-state index contributed by atoms with van der Waals surface area (Å²) < 4.78 is 45.7. The number of hydrogen-bond acceptors (Lipinski definition) is 5. The number of nitrogens with zero attached hydrogens (tertiary/aromatic N) is 1. The van der Waals surface area contributed by atoms with E-state index in [0.717, 1.165) is 6.07 Å². The minimum absolute atomic E-state index is 0.0685. The van der Waals surface area contributed by atoms with Gasteiger partial charge in [-0.3, -0.25) is 4.79 Å². The molecule has 0 unspecified atom stereocenters. The Labute approximate surface area is 118 Å². The molecule has 0 aliphatic heterocycles. The topological polar surface area (TPSA) is 79.5 Å². The lowest BCUT2D eigenvalue weighted by Gasteiger charge is -2.15.